The number of amides is 2. The molecule has 0 aromatic heterocycles. The zero-order chi connectivity index (χ0) is 19.2. The maximum Gasteiger partial charge on any atom is 0.410 e. The van der Waals surface area contributed by atoms with Crippen molar-refractivity contribution < 1.29 is 14.3 Å². The SMILES string of the molecule is Cc1ccc(SCCNC(=O)C2CCN(C(=O)OC(C)(C)C)CC2)cc1. The predicted octanol–water partition coefficient (Wildman–Crippen LogP) is 3.85. The number of hydrogen-bond donors (Lipinski definition) is 1. The first-order chi connectivity index (χ1) is 12.2. The van der Waals surface area contributed by atoms with Crippen molar-refractivity contribution in [1.82, 2.24) is 10.2 Å². The first-order valence-corrected chi connectivity index (χ1v) is 10.2. The highest BCUT2D eigenvalue weighted by Gasteiger charge is 2.29. The van der Waals surface area contributed by atoms with Crippen LogP contribution in [0.2, 0.25) is 0 Å². The van der Waals surface area contributed by atoms with Gasteiger partial charge in [0.2, 0.25) is 5.91 Å². The maximum atomic E-state index is 12.3. The first-order valence-electron chi connectivity index (χ1n) is 9.20. The van der Waals surface area contributed by atoms with E-state index in [0.717, 1.165) is 5.75 Å². The van der Waals surface area contributed by atoms with E-state index in [-0.39, 0.29) is 17.9 Å². The summed E-state index contributed by atoms with van der Waals surface area (Å²) < 4.78 is 5.39. The van der Waals surface area contributed by atoms with E-state index in [1.54, 1.807) is 16.7 Å². The lowest BCUT2D eigenvalue weighted by Gasteiger charge is -2.32. The van der Waals surface area contributed by atoms with Crippen LogP contribution in [0.5, 0.6) is 0 Å². The molecule has 1 saturated heterocycles. The molecule has 0 aliphatic carbocycles. The van der Waals surface area contributed by atoms with Gasteiger partial charge in [0.25, 0.3) is 0 Å². The highest BCUT2D eigenvalue weighted by atomic mass is 32.2. The number of likely N-dealkylation sites (tertiary alicyclic amines) is 1. The molecule has 5 nitrogen and oxygen atoms in total. The molecule has 0 radical (unpaired) electrons. The summed E-state index contributed by atoms with van der Waals surface area (Å²) in [6, 6.07) is 8.40. The number of carbonyl (C=O) groups excluding carboxylic acids is 2. The van der Waals surface area contributed by atoms with E-state index in [1.807, 2.05) is 20.8 Å². The number of piperidine rings is 1. The maximum absolute atomic E-state index is 12.3. The molecule has 2 rings (SSSR count). The minimum atomic E-state index is -0.486. The molecule has 1 aromatic carbocycles. The molecule has 0 spiro atoms. The van der Waals surface area contributed by atoms with Crippen LogP contribution in [-0.4, -0.2) is 47.9 Å². The Morgan fingerprint density at radius 3 is 2.38 bits per heavy atom. The lowest BCUT2D eigenvalue weighted by Crippen LogP contribution is -2.45. The Labute approximate surface area is 160 Å². The zero-order valence-corrected chi connectivity index (χ0v) is 17.0. The number of thioether (sulfide) groups is 1. The molecule has 0 saturated carbocycles. The van der Waals surface area contributed by atoms with Crippen molar-refractivity contribution in [2.45, 2.75) is 51.0 Å². The van der Waals surface area contributed by atoms with Crippen molar-refractivity contribution in [3.05, 3.63) is 29.8 Å². The van der Waals surface area contributed by atoms with Crippen LogP contribution in [0.4, 0.5) is 4.79 Å². The van der Waals surface area contributed by atoms with Crippen molar-refractivity contribution in [2.75, 3.05) is 25.4 Å². The fourth-order valence-electron chi connectivity index (χ4n) is 2.77. The Balaban J connectivity index is 1.65. The second kappa shape index (κ2) is 9.31. The van der Waals surface area contributed by atoms with Gasteiger partial charge < -0.3 is 15.0 Å². The minimum Gasteiger partial charge on any atom is -0.444 e. The first kappa shape index (κ1) is 20.6. The van der Waals surface area contributed by atoms with E-state index in [9.17, 15) is 9.59 Å². The number of nitrogens with one attached hydrogen (secondary N) is 1. The third kappa shape index (κ3) is 6.90. The molecule has 0 bridgehead atoms. The lowest BCUT2D eigenvalue weighted by atomic mass is 9.96. The van der Waals surface area contributed by atoms with Crippen LogP contribution >= 0.6 is 11.8 Å². The molecule has 1 heterocycles. The van der Waals surface area contributed by atoms with E-state index < -0.39 is 5.60 Å². The molecular formula is C20H30N2O3S. The van der Waals surface area contributed by atoms with Gasteiger partial charge in [-0.1, -0.05) is 17.7 Å². The predicted molar refractivity (Wildman–Crippen MR) is 105 cm³/mol. The highest BCUT2D eigenvalue weighted by Crippen LogP contribution is 2.20. The highest BCUT2D eigenvalue weighted by molar-refractivity contribution is 7.99. The molecule has 1 aromatic rings. The molecule has 1 N–H and O–H groups in total. The van der Waals surface area contributed by atoms with E-state index in [0.29, 0.717) is 32.5 Å². The van der Waals surface area contributed by atoms with Crippen molar-refractivity contribution >= 4 is 23.8 Å². The van der Waals surface area contributed by atoms with Gasteiger partial charge in [-0.3, -0.25) is 4.79 Å². The summed E-state index contributed by atoms with van der Waals surface area (Å²) in [6.45, 7) is 9.46. The van der Waals surface area contributed by atoms with Crippen molar-refractivity contribution in [1.29, 1.82) is 0 Å². The smallest absolute Gasteiger partial charge is 0.410 e. The second-order valence-corrected chi connectivity index (χ2v) is 8.86. The van der Waals surface area contributed by atoms with Gasteiger partial charge in [0, 0.05) is 36.2 Å². The minimum absolute atomic E-state index is 0.0157. The number of nitrogens with zero attached hydrogens (tertiary/aromatic N) is 1. The lowest BCUT2D eigenvalue weighted by molar-refractivity contribution is -0.126. The molecule has 1 aliphatic rings. The number of aryl methyl sites for hydroxylation is 1. The molecule has 0 unspecified atom stereocenters. The molecule has 6 heteroatoms. The van der Waals surface area contributed by atoms with Gasteiger partial charge in [-0.2, -0.15) is 0 Å². The number of carbonyl (C=O) groups is 2. The van der Waals surface area contributed by atoms with Crippen LogP contribution < -0.4 is 5.32 Å². The number of ether oxygens (including phenoxy) is 1. The van der Waals surface area contributed by atoms with E-state index in [1.165, 1.54) is 10.5 Å². The molecule has 144 valence electrons. The molecule has 1 aliphatic heterocycles. The monoisotopic (exact) mass is 378 g/mol. The molecule has 2 amide bonds. The largest absolute Gasteiger partial charge is 0.444 e. The van der Waals surface area contributed by atoms with Crippen LogP contribution in [0, 0.1) is 12.8 Å². The van der Waals surface area contributed by atoms with Gasteiger partial charge in [-0.15, -0.1) is 11.8 Å². The van der Waals surface area contributed by atoms with E-state index in [2.05, 4.69) is 36.5 Å². The Hall–Kier alpha value is -1.69. The second-order valence-electron chi connectivity index (χ2n) is 7.69. The summed E-state index contributed by atoms with van der Waals surface area (Å²) in [5.41, 5.74) is 0.765. The van der Waals surface area contributed by atoms with Gasteiger partial charge in [0.05, 0.1) is 0 Å². The molecular weight excluding hydrogens is 348 g/mol. The Bertz CT molecular complexity index is 602. The van der Waals surface area contributed by atoms with E-state index in [4.69, 9.17) is 4.74 Å². The summed E-state index contributed by atoms with van der Waals surface area (Å²) in [5.74, 6) is 0.933. The summed E-state index contributed by atoms with van der Waals surface area (Å²) in [6.07, 6.45) is 1.10. The van der Waals surface area contributed by atoms with Crippen molar-refractivity contribution in [3.8, 4) is 0 Å². The average molecular weight is 379 g/mol. The van der Waals surface area contributed by atoms with Crippen LogP contribution in [0.3, 0.4) is 0 Å². The quantitative estimate of drug-likeness (QED) is 0.624. The summed E-state index contributed by atoms with van der Waals surface area (Å²) in [5, 5.41) is 3.02. The Morgan fingerprint density at radius 1 is 1.19 bits per heavy atom. The Morgan fingerprint density at radius 2 is 1.81 bits per heavy atom. The van der Waals surface area contributed by atoms with Crippen LogP contribution in [0.25, 0.3) is 0 Å². The van der Waals surface area contributed by atoms with Crippen molar-refractivity contribution in [2.24, 2.45) is 5.92 Å². The molecule has 0 atom stereocenters. The summed E-state index contributed by atoms with van der Waals surface area (Å²) >= 11 is 1.74. The van der Waals surface area contributed by atoms with Gasteiger partial charge in [-0.25, -0.2) is 4.79 Å². The van der Waals surface area contributed by atoms with Crippen molar-refractivity contribution in [3.63, 3.8) is 0 Å². The van der Waals surface area contributed by atoms with Gasteiger partial charge in [0.15, 0.2) is 0 Å². The average Bonchev–Trinajstić information content (AvgIpc) is 2.59. The molecule has 1 fully saturated rings. The zero-order valence-electron chi connectivity index (χ0n) is 16.2. The van der Waals surface area contributed by atoms with Crippen LogP contribution in [0.1, 0.15) is 39.2 Å². The number of benzene rings is 1. The van der Waals surface area contributed by atoms with Gasteiger partial charge >= 0.3 is 6.09 Å². The van der Waals surface area contributed by atoms with Gasteiger partial charge in [0.1, 0.15) is 5.60 Å². The van der Waals surface area contributed by atoms with E-state index >= 15 is 0 Å². The van der Waals surface area contributed by atoms with Crippen LogP contribution in [0.15, 0.2) is 29.2 Å². The van der Waals surface area contributed by atoms with Gasteiger partial charge in [-0.05, 0) is 52.7 Å². The fourth-order valence-corrected chi connectivity index (χ4v) is 3.54. The fraction of sp³-hybridized carbons (Fsp3) is 0.600. The molecule has 26 heavy (non-hydrogen) atoms. The number of hydrogen-bond acceptors (Lipinski definition) is 4. The van der Waals surface area contributed by atoms with Crippen LogP contribution in [-0.2, 0) is 9.53 Å². The third-order valence-corrected chi connectivity index (χ3v) is 5.22. The summed E-state index contributed by atoms with van der Waals surface area (Å²) in [7, 11) is 0. The topological polar surface area (TPSA) is 58.6 Å². The standard InChI is InChI=1S/C20H30N2O3S/c1-15-5-7-17(8-6-15)26-14-11-21-18(23)16-9-12-22(13-10-16)19(24)25-20(2,3)4/h5-8,16H,9-14H2,1-4H3,(H,21,23). The normalized spacial score (nSPS) is 15.6. The Kier molecular flexibility index (Phi) is 7.38. The third-order valence-electron chi connectivity index (χ3n) is 4.21. The summed E-state index contributed by atoms with van der Waals surface area (Å²) in [4.78, 5) is 27.3. The number of rotatable bonds is 5.